The van der Waals surface area contributed by atoms with Crippen LogP contribution < -0.4 is 0 Å². The number of carbonyl (C=O) groups excluding carboxylic acids is 2. The second-order valence-electron chi connectivity index (χ2n) is 6.25. The van der Waals surface area contributed by atoms with E-state index in [4.69, 9.17) is 0 Å². The van der Waals surface area contributed by atoms with Crippen LogP contribution >= 0.6 is 0 Å². The molecule has 0 saturated carbocycles. The van der Waals surface area contributed by atoms with Crippen LogP contribution in [0.5, 0.6) is 0 Å². The molecule has 0 spiro atoms. The number of amides is 2. The summed E-state index contributed by atoms with van der Waals surface area (Å²) in [5.41, 5.74) is 3.29. The molecular weight excluding hydrogens is 312 g/mol. The van der Waals surface area contributed by atoms with Gasteiger partial charge in [0.05, 0.1) is 0 Å². The smallest absolute Gasteiger partial charge is 0.242 e. The molecule has 132 valence electrons. The van der Waals surface area contributed by atoms with Gasteiger partial charge < -0.3 is 9.80 Å². The summed E-state index contributed by atoms with van der Waals surface area (Å²) >= 11 is 0. The maximum Gasteiger partial charge on any atom is 0.242 e. The number of hydrogen-bond donors (Lipinski definition) is 0. The van der Waals surface area contributed by atoms with Gasteiger partial charge in [0.25, 0.3) is 0 Å². The highest BCUT2D eigenvalue weighted by Crippen LogP contribution is 2.09. The van der Waals surface area contributed by atoms with Crippen LogP contribution in [0.3, 0.4) is 0 Å². The van der Waals surface area contributed by atoms with Gasteiger partial charge >= 0.3 is 0 Å². The average Bonchev–Trinajstić information content (AvgIpc) is 2.61. The van der Waals surface area contributed by atoms with Crippen molar-refractivity contribution in [3.05, 3.63) is 71.3 Å². The first-order valence-corrected chi connectivity index (χ1v) is 8.62. The topological polar surface area (TPSA) is 40.6 Å². The Hall–Kier alpha value is -2.62. The first-order chi connectivity index (χ1) is 12.0. The van der Waals surface area contributed by atoms with E-state index in [1.807, 2.05) is 68.4 Å². The largest absolute Gasteiger partial charge is 0.337 e. The van der Waals surface area contributed by atoms with Gasteiger partial charge in [0.15, 0.2) is 0 Å². The Bertz CT molecular complexity index is 696. The van der Waals surface area contributed by atoms with Crippen molar-refractivity contribution < 1.29 is 9.59 Å². The first kappa shape index (κ1) is 18.7. The highest BCUT2D eigenvalue weighted by atomic mass is 16.2. The monoisotopic (exact) mass is 338 g/mol. The van der Waals surface area contributed by atoms with Crippen LogP contribution in [0.2, 0.25) is 0 Å². The SMILES string of the molecule is CCN(Cc1ccccc1)C(=O)CN(Cc1ccc(C)cc1)C(C)=O. The van der Waals surface area contributed by atoms with Crippen molar-refractivity contribution in [3.8, 4) is 0 Å². The van der Waals surface area contributed by atoms with Crippen molar-refractivity contribution in [1.29, 1.82) is 0 Å². The van der Waals surface area contributed by atoms with Gasteiger partial charge in [-0.25, -0.2) is 0 Å². The van der Waals surface area contributed by atoms with Gasteiger partial charge in [-0.15, -0.1) is 0 Å². The van der Waals surface area contributed by atoms with E-state index in [2.05, 4.69) is 0 Å². The fourth-order valence-electron chi connectivity index (χ4n) is 2.64. The molecule has 2 aromatic rings. The Morgan fingerprint density at radius 1 is 0.840 bits per heavy atom. The molecule has 2 aromatic carbocycles. The molecule has 0 saturated heterocycles. The molecule has 4 nitrogen and oxygen atoms in total. The Morgan fingerprint density at radius 2 is 1.40 bits per heavy atom. The maximum absolute atomic E-state index is 12.7. The predicted molar refractivity (Wildman–Crippen MR) is 99.8 cm³/mol. The van der Waals surface area contributed by atoms with Crippen LogP contribution in [0.1, 0.15) is 30.5 Å². The van der Waals surface area contributed by atoms with Crippen molar-refractivity contribution in [1.82, 2.24) is 9.80 Å². The van der Waals surface area contributed by atoms with E-state index in [0.29, 0.717) is 19.6 Å². The summed E-state index contributed by atoms with van der Waals surface area (Å²) in [5, 5.41) is 0. The lowest BCUT2D eigenvalue weighted by atomic mass is 10.1. The molecule has 25 heavy (non-hydrogen) atoms. The van der Waals surface area contributed by atoms with E-state index < -0.39 is 0 Å². The molecule has 0 N–H and O–H groups in total. The fraction of sp³-hybridized carbons (Fsp3) is 0.333. The lowest BCUT2D eigenvalue weighted by Crippen LogP contribution is -2.41. The fourth-order valence-corrected chi connectivity index (χ4v) is 2.64. The minimum atomic E-state index is -0.0929. The van der Waals surface area contributed by atoms with Crippen molar-refractivity contribution in [3.63, 3.8) is 0 Å². The third kappa shape index (κ3) is 5.75. The molecule has 0 aliphatic heterocycles. The molecule has 0 atom stereocenters. The highest BCUT2D eigenvalue weighted by molar-refractivity contribution is 5.83. The lowest BCUT2D eigenvalue weighted by molar-refractivity contribution is -0.140. The number of likely N-dealkylation sites (N-methyl/N-ethyl adjacent to an activating group) is 1. The molecule has 0 aliphatic carbocycles. The normalized spacial score (nSPS) is 10.4. The summed E-state index contributed by atoms with van der Waals surface area (Å²) < 4.78 is 0. The third-order valence-electron chi connectivity index (χ3n) is 4.22. The highest BCUT2D eigenvalue weighted by Gasteiger charge is 2.18. The molecule has 0 heterocycles. The van der Waals surface area contributed by atoms with E-state index >= 15 is 0 Å². The summed E-state index contributed by atoms with van der Waals surface area (Å²) in [6, 6.07) is 17.9. The molecule has 0 bridgehead atoms. The van der Waals surface area contributed by atoms with Crippen LogP contribution in [0.15, 0.2) is 54.6 Å². The lowest BCUT2D eigenvalue weighted by Gasteiger charge is -2.26. The minimum Gasteiger partial charge on any atom is -0.337 e. The van der Waals surface area contributed by atoms with Gasteiger partial charge in [0.2, 0.25) is 11.8 Å². The van der Waals surface area contributed by atoms with E-state index in [-0.39, 0.29) is 18.4 Å². The van der Waals surface area contributed by atoms with Crippen LogP contribution in [0.4, 0.5) is 0 Å². The van der Waals surface area contributed by atoms with Crippen molar-refractivity contribution in [2.24, 2.45) is 0 Å². The van der Waals surface area contributed by atoms with Gasteiger partial charge in [-0.1, -0.05) is 60.2 Å². The summed E-state index contributed by atoms with van der Waals surface area (Å²) in [6.45, 7) is 7.22. The summed E-state index contributed by atoms with van der Waals surface area (Å²) in [7, 11) is 0. The molecule has 0 unspecified atom stereocenters. The minimum absolute atomic E-state index is 0.0336. The average molecular weight is 338 g/mol. The number of nitrogens with zero attached hydrogens (tertiary/aromatic N) is 2. The quantitative estimate of drug-likeness (QED) is 0.776. The number of hydrogen-bond acceptors (Lipinski definition) is 2. The van der Waals surface area contributed by atoms with Crippen LogP contribution in [-0.4, -0.2) is 34.7 Å². The molecule has 0 aliphatic rings. The van der Waals surface area contributed by atoms with E-state index in [1.54, 1.807) is 9.80 Å². The molecule has 0 fully saturated rings. The zero-order valence-electron chi connectivity index (χ0n) is 15.2. The van der Waals surface area contributed by atoms with E-state index in [0.717, 1.165) is 11.1 Å². The number of aryl methyl sites for hydroxylation is 1. The number of benzene rings is 2. The van der Waals surface area contributed by atoms with Crippen molar-refractivity contribution in [2.75, 3.05) is 13.1 Å². The second-order valence-corrected chi connectivity index (χ2v) is 6.25. The Balaban J connectivity index is 2.02. The first-order valence-electron chi connectivity index (χ1n) is 8.62. The molecule has 4 heteroatoms. The zero-order chi connectivity index (χ0) is 18.2. The van der Waals surface area contributed by atoms with Crippen molar-refractivity contribution >= 4 is 11.8 Å². The molecule has 2 rings (SSSR count). The van der Waals surface area contributed by atoms with Gasteiger partial charge in [0, 0.05) is 26.6 Å². The van der Waals surface area contributed by atoms with E-state index in [9.17, 15) is 9.59 Å². The Kier molecular flexibility index (Phi) is 6.75. The van der Waals surface area contributed by atoms with Gasteiger partial charge in [-0.3, -0.25) is 9.59 Å². The third-order valence-corrected chi connectivity index (χ3v) is 4.22. The van der Waals surface area contributed by atoms with Crippen LogP contribution in [0, 0.1) is 6.92 Å². The summed E-state index contributed by atoms with van der Waals surface area (Å²) in [5.74, 6) is -0.127. The summed E-state index contributed by atoms with van der Waals surface area (Å²) in [6.07, 6.45) is 0. The van der Waals surface area contributed by atoms with E-state index in [1.165, 1.54) is 12.5 Å². The van der Waals surface area contributed by atoms with Crippen molar-refractivity contribution in [2.45, 2.75) is 33.9 Å². The number of rotatable bonds is 7. The molecular formula is C21H26N2O2. The summed E-state index contributed by atoms with van der Waals surface area (Å²) in [4.78, 5) is 28.0. The Labute approximate surface area is 150 Å². The molecule has 2 amide bonds. The zero-order valence-corrected chi connectivity index (χ0v) is 15.2. The predicted octanol–water partition coefficient (Wildman–Crippen LogP) is 3.39. The van der Waals surface area contributed by atoms with Gasteiger partial charge in [-0.2, -0.15) is 0 Å². The Morgan fingerprint density at radius 3 is 1.96 bits per heavy atom. The standard InChI is InChI=1S/C21H26N2O2/c1-4-22(14-19-8-6-5-7-9-19)21(25)16-23(18(3)24)15-20-12-10-17(2)11-13-20/h5-13H,4,14-16H2,1-3H3. The second kappa shape index (κ2) is 9.02. The molecule has 0 aromatic heterocycles. The van der Waals surface area contributed by atoms with Crippen LogP contribution in [-0.2, 0) is 22.7 Å². The maximum atomic E-state index is 12.7. The van der Waals surface area contributed by atoms with Gasteiger partial charge in [-0.05, 0) is 25.0 Å². The number of carbonyl (C=O) groups is 2. The van der Waals surface area contributed by atoms with Crippen LogP contribution in [0.25, 0.3) is 0 Å². The van der Waals surface area contributed by atoms with Gasteiger partial charge in [0.1, 0.15) is 6.54 Å². The molecule has 0 radical (unpaired) electrons.